The summed E-state index contributed by atoms with van der Waals surface area (Å²) in [6.07, 6.45) is 0.122. The lowest BCUT2D eigenvalue weighted by Gasteiger charge is -2.14. The molecule has 0 aliphatic carbocycles. The van der Waals surface area contributed by atoms with E-state index >= 15 is 0 Å². The SMILES string of the molecule is N#CCc1cc2n(n1)CCCN(C(=O)O)C2. The molecule has 1 amide bonds. The number of aromatic nitrogens is 2. The van der Waals surface area contributed by atoms with Gasteiger partial charge in [-0.25, -0.2) is 4.79 Å². The van der Waals surface area contributed by atoms with Gasteiger partial charge in [0.15, 0.2) is 0 Å². The number of carbonyl (C=O) groups is 1. The first-order valence-corrected chi connectivity index (χ1v) is 5.11. The standard InChI is InChI=1S/C10H12N4O2/c11-3-2-8-6-9-7-13(10(15)16)4-1-5-14(9)12-8/h6H,1-2,4-5,7H2,(H,15,16). The summed E-state index contributed by atoms with van der Waals surface area (Å²) in [5, 5.41) is 21.8. The van der Waals surface area contributed by atoms with Crippen LogP contribution in [0.1, 0.15) is 17.8 Å². The van der Waals surface area contributed by atoms with Gasteiger partial charge < -0.3 is 10.0 Å². The van der Waals surface area contributed by atoms with Gasteiger partial charge in [-0.3, -0.25) is 4.68 Å². The molecule has 1 aliphatic rings. The van der Waals surface area contributed by atoms with Crippen LogP contribution in [0.3, 0.4) is 0 Å². The second-order valence-electron chi connectivity index (χ2n) is 3.74. The van der Waals surface area contributed by atoms with Gasteiger partial charge in [0.25, 0.3) is 0 Å². The zero-order valence-corrected chi connectivity index (χ0v) is 8.76. The van der Waals surface area contributed by atoms with Gasteiger partial charge in [-0.05, 0) is 12.5 Å². The first-order chi connectivity index (χ1) is 7.70. The van der Waals surface area contributed by atoms with Crippen molar-refractivity contribution in [2.45, 2.75) is 25.9 Å². The summed E-state index contributed by atoms with van der Waals surface area (Å²) in [6.45, 7) is 1.60. The van der Waals surface area contributed by atoms with Crippen LogP contribution < -0.4 is 0 Å². The van der Waals surface area contributed by atoms with Gasteiger partial charge >= 0.3 is 6.09 Å². The Labute approximate surface area is 92.7 Å². The van der Waals surface area contributed by atoms with E-state index in [0.717, 1.165) is 12.1 Å². The lowest BCUT2D eigenvalue weighted by molar-refractivity contribution is 0.143. The van der Waals surface area contributed by atoms with Crippen molar-refractivity contribution in [1.29, 1.82) is 5.26 Å². The minimum atomic E-state index is -0.906. The van der Waals surface area contributed by atoms with Crippen molar-refractivity contribution < 1.29 is 9.90 Å². The first-order valence-electron chi connectivity index (χ1n) is 5.11. The summed E-state index contributed by atoms with van der Waals surface area (Å²) < 4.78 is 1.80. The molecule has 0 bridgehead atoms. The minimum absolute atomic E-state index is 0.271. The van der Waals surface area contributed by atoms with E-state index in [1.54, 1.807) is 4.68 Å². The van der Waals surface area contributed by atoms with Gasteiger partial charge in [0, 0.05) is 13.1 Å². The van der Waals surface area contributed by atoms with Crippen molar-refractivity contribution in [3.05, 3.63) is 17.5 Å². The smallest absolute Gasteiger partial charge is 0.407 e. The Morgan fingerprint density at radius 3 is 3.12 bits per heavy atom. The highest BCUT2D eigenvalue weighted by Gasteiger charge is 2.19. The predicted molar refractivity (Wildman–Crippen MR) is 54.6 cm³/mol. The van der Waals surface area contributed by atoms with Gasteiger partial charge in [0.1, 0.15) is 0 Å². The zero-order valence-electron chi connectivity index (χ0n) is 8.76. The first kappa shape index (κ1) is 10.5. The molecule has 0 saturated carbocycles. The van der Waals surface area contributed by atoms with Gasteiger partial charge in [0.05, 0.1) is 30.4 Å². The van der Waals surface area contributed by atoms with E-state index in [9.17, 15) is 4.79 Å². The number of hydrogen-bond donors (Lipinski definition) is 1. The average molecular weight is 220 g/mol. The Hall–Kier alpha value is -2.03. The molecule has 0 unspecified atom stereocenters. The molecule has 0 spiro atoms. The van der Waals surface area contributed by atoms with Crippen LogP contribution in [-0.4, -0.2) is 32.4 Å². The molecule has 1 aromatic heterocycles. The third kappa shape index (κ3) is 1.98. The molecule has 16 heavy (non-hydrogen) atoms. The fourth-order valence-corrected chi connectivity index (χ4v) is 1.85. The van der Waals surface area contributed by atoms with Crippen molar-refractivity contribution in [3.63, 3.8) is 0 Å². The summed E-state index contributed by atoms with van der Waals surface area (Å²) >= 11 is 0. The fourth-order valence-electron chi connectivity index (χ4n) is 1.85. The zero-order chi connectivity index (χ0) is 11.5. The van der Waals surface area contributed by atoms with Crippen LogP contribution in [0, 0.1) is 11.3 Å². The van der Waals surface area contributed by atoms with Crippen LogP contribution in [0.4, 0.5) is 4.79 Å². The van der Waals surface area contributed by atoms with Crippen LogP contribution >= 0.6 is 0 Å². The van der Waals surface area contributed by atoms with Gasteiger partial charge in [-0.2, -0.15) is 10.4 Å². The van der Waals surface area contributed by atoms with Crippen LogP contribution in [0.15, 0.2) is 6.07 Å². The highest BCUT2D eigenvalue weighted by atomic mass is 16.4. The second-order valence-corrected chi connectivity index (χ2v) is 3.74. The van der Waals surface area contributed by atoms with Crippen molar-refractivity contribution in [1.82, 2.24) is 14.7 Å². The van der Waals surface area contributed by atoms with Crippen LogP contribution in [0.5, 0.6) is 0 Å². The average Bonchev–Trinajstić information content (AvgIpc) is 2.49. The normalized spacial score (nSPS) is 15.1. The number of fused-ring (bicyclic) bond motifs is 1. The largest absolute Gasteiger partial charge is 0.465 e. The van der Waals surface area contributed by atoms with Crippen molar-refractivity contribution in [2.75, 3.05) is 6.54 Å². The molecule has 6 heteroatoms. The molecular formula is C10H12N4O2. The third-order valence-electron chi connectivity index (χ3n) is 2.60. The molecule has 6 nitrogen and oxygen atoms in total. The molecule has 1 aliphatic heterocycles. The molecule has 0 fully saturated rings. The number of carboxylic acid groups (broad SMARTS) is 1. The van der Waals surface area contributed by atoms with Gasteiger partial charge in [-0.15, -0.1) is 0 Å². The Morgan fingerprint density at radius 1 is 1.62 bits per heavy atom. The number of nitriles is 1. The number of rotatable bonds is 1. The summed E-state index contributed by atoms with van der Waals surface area (Å²) in [4.78, 5) is 12.3. The number of hydrogen-bond acceptors (Lipinski definition) is 3. The number of aryl methyl sites for hydroxylation is 1. The highest BCUT2D eigenvalue weighted by molar-refractivity contribution is 5.64. The Morgan fingerprint density at radius 2 is 2.44 bits per heavy atom. The van der Waals surface area contributed by atoms with Crippen molar-refractivity contribution in [2.24, 2.45) is 0 Å². The molecule has 84 valence electrons. The molecule has 0 saturated heterocycles. The summed E-state index contributed by atoms with van der Waals surface area (Å²) in [5.41, 5.74) is 1.58. The van der Waals surface area contributed by atoms with Gasteiger partial charge in [0.2, 0.25) is 0 Å². The molecule has 0 aromatic carbocycles. The lowest BCUT2D eigenvalue weighted by atomic mass is 10.3. The lowest BCUT2D eigenvalue weighted by Crippen LogP contribution is -2.28. The van der Waals surface area contributed by atoms with E-state index < -0.39 is 6.09 Å². The van der Waals surface area contributed by atoms with E-state index in [4.69, 9.17) is 10.4 Å². The molecule has 1 N–H and O–H groups in total. The van der Waals surface area contributed by atoms with Gasteiger partial charge in [-0.1, -0.05) is 0 Å². The third-order valence-corrected chi connectivity index (χ3v) is 2.60. The number of amides is 1. The Kier molecular flexibility index (Phi) is 2.77. The van der Waals surface area contributed by atoms with Crippen molar-refractivity contribution >= 4 is 6.09 Å². The Balaban J connectivity index is 2.22. The van der Waals surface area contributed by atoms with Crippen molar-refractivity contribution in [3.8, 4) is 6.07 Å². The van der Waals surface area contributed by atoms with Crippen LogP contribution in [-0.2, 0) is 19.5 Å². The predicted octanol–water partition coefficient (Wildman–Crippen LogP) is 0.833. The molecular weight excluding hydrogens is 208 g/mol. The Bertz CT molecular complexity index is 446. The molecule has 0 radical (unpaired) electrons. The van der Waals surface area contributed by atoms with E-state index in [-0.39, 0.29) is 6.42 Å². The topological polar surface area (TPSA) is 82.2 Å². The maximum atomic E-state index is 10.9. The number of nitrogens with zero attached hydrogens (tertiary/aromatic N) is 4. The summed E-state index contributed by atoms with van der Waals surface area (Å²) in [5.74, 6) is 0. The summed E-state index contributed by atoms with van der Waals surface area (Å²) in [6, 6.07) is 3.85. The van der Waals surface area contributed by atoms with E-state index in [1.165, 1.54) is 4.90 Å². The molecule has 1 aromatic rings. The van der Waals surface area contributed by atoms with E-state index in [0.29, 0.717) is 25.3 Å². The monoisotopic (exact) mass is 220 g/mol. The second kappa shape index (κ2) is 4.23. The summed E-state index contributed by atoms with van der Waals surface area (Å²) in [7, 11) is 0. The van der Waals surface area contributed by atoms with Crippen LogP contribution in [0.2, 0.25) is 0 Å². The molecule has 2 rings (SSSR count). The maximum absolute atomic E-state index is 10.9. The molecule has 0 atom stereocenters. The van der Waals surface area contributed by atoms with E-state index in [1.807, 2.05) is 12.1 Å². The van der Waals surface area contributed by atoms with E-state index in [2.05, 4.69) is 5.10 Å². The highest BCUT2D eigenvalue weighted by Crippen LogP contribution is 2.14. The fraction of sp³-hybridized carbons (Fsp3) is 0.500. The maximum Gasteiger partial charge on any atom is 0.407 e. The minimum Gasteiger partial charge on any atom is -0.465 e. The van der Waals surface area contributed by atoms with Crippen LogP contribution in [0.25, 0.3) is 0 Å². The quantitative estimate of drug-likeness (QED) is 0.760. The molecule has 2 heterocycles.